The number of alkyl halides is 2. The van der Waals surface area contributed by atoms with E-state index in [2.05, 4.69) is 20.6 Å². The van der Waals surface area contributed by atoms with Crippen molar-refractivity contribution in [3.8, 4) is 5.75 Å². The minimum Gasteiger partial charge on any atom is -0.482 e. The topological polar surface area (TPSA) is 99.7 Å². The van der Waals surface area contributed by atoms with E-state index >= 15 is 0 Å². The van der Waals surface area contributed by atoms with Crippen molar-refractivity contribution < 1.29 is 23.1 Å². The van der Waals surface area contributed by atoms with Crippen molar-refractivity contribution in [2.75, 3.05) is 40.6 Å². The molecule has 9 nitrogen and oxygen atoms in total. The minimum absolute atomic E-state index is 0.0401. The summed E-state index contributed by atoms with van der Waals surface area (Å²) in [6, 6.07) is 5.01. The fourth-order valence-electron chi connectivity index (χ4n) is 4.39. The Morgan fingerprint density at radius 3 is 2.81 bits per heavy atom. The van der Waals surface area contributed by atoms with E-state index < -0.39 is 18.4 Å². The molecule has 0 spiro atoms. The smallest absolute Gasteiger partial charge is 0.342 e. The van der Waals surface area contributed by atoms with E-state index in [-0.39, 0.29) is 30.2 Å². The number of benzene rings is 1. The van der Waals surface area contributed by atoms with Crippen molar-refractivity contribution in [1.82, 2.24) is 9.97 Å². The third-order valence-corrected chi connectivity index (χ3v) is 6.00. The van der Waals surface area contributed by atoms with Gasteiger partial charge in [-0.2, -0.15) is 13.8 Å². The average molecular weight is 444 g/mol. The van der Waals surface area contributed by atoms with Crippen LogP contribution in [0, 0.1) is 0 Å². The number of ether oxygens (including phenoxy) is 1. The second-order valence-electron chi connectivity index (χ2n) is 8.21. The van der Waals surface area contributed by atoms with Crippen molar-refractivity contribution >= 4 is 40.6 Å². The normalized spacial score (nSPS) is 20.2. The number of aromatic nitrogens is 2. The molecule has 2 N–H and O–H groups in total. The van der Waals surface area contributed by atoms with Crippen LogP contribution in [0.5, 0.6) is 5.75 Å². The van der Waals surface area contributed by atoms with E-state index in [1.807, 2.05) is 0 Å². The number of nitrogens with zero attached hydrogens (tertiary/aromatic N) is 4. The van der Waals surface area contributed by atoms with Crippen molar-refractivity contribution in [3.63, 3.8) is 0 Å². The van der Waals surface area contributed by atoms with Gasteiger partial charge in [-0.3, -0.25) is 9.59 Å². The lowest BCUT2D eigenvalue weighted by Gasteiger charge is -2.31. The van der Waals surface area contributed by atoms with E-state index in [1.54, 1.807) is 23.1 Å². The molecule has 0 unspecified atom stereocenters. The van der Waals surface area contributed by atoms with Crippen LogP contribution in [0.3, 0.4) is 0 Å². The van der Waals surface area contributed by atoms with Crippen molar-refractivity contribution in [2.24, 2.45) is 0 Å². The summed E-state index contributed by atoms with van der Waals surface area (Å²) < 4.78 is 34.7. The molecule has 1 aromatic heterocycles. The Balaban J connectivity index is 1.50. The number of fused-ring (bicyclic) bond motifs is 2. The highest BCUT2D eigenvalue weighted by Gasteiger charge is 2.48. The minimum atomic E-state index is -3.53. The van der Waals surface area contributed by atoms with Gasteiger partial charge in [-0.25, -0.2) is 4.98 Å². The highest BCUT2D eigenvalue weighted by atomic mass is 19.3. The van der Waals surface area contributed by atoms with Gasteiger partial charge in [0.15, 0.2) is 12.4 Å². The number of carbonyl (C=O) groups is 2. The molecule has 3 heterocycles. The maximum absolute atomic E-state index is 14.7. The fourth-order valence-corrected chi connectivity index (χ4v) is 4.39. The van der Waals surface area contributed by atoms with Crippen LogP contribution in [-0.4, -0.2) is 53.9 Å². The van der Waals surface area contributed by atoms with Gasteiger partial charge in [0.1, 0.15) is 11.4 Å². The second-order valence-corrected chi connectivity index (χ2v) is 8.21. The fraction of sp³-hybridized carbons (Fsp3) is 0.429. The lowest BCUT2D eigenvalue weighted by atomic mass is 10.2. The number of rotatable bonds is 3. The predicted octanol–water partition coefficient (Wildman–Crippen LogP) is 2.91. The molecule has 11 heteroatoms. The molecule has 1 aliphatic carbocycles. The highest BCUT2D eigenvalue weighted by molar-refractivity contribution is 6.02. The summed E-state index contributed by atoms with van der Waals surface area (Å²) >= 11 is 0. The molecule has 1 aromatic carbocycles. The van der Waals surface area contributed by atoms with Gasteiger partial charge in [-0.05, 0) is 31.0 Å². The van der Waals surface area contributed by atoms with Gasteiger partial charge in [0, 0.05) is 18.8 Å². The summed E-state index contributed by atoms with van der Waals surface area (Å²) in [6.07, 6.45) is 4.82. The van der Waals surface area contributed by atoms with E-state index in [1.165, 1.54) is 13.2 Å². The zero-order valence-electron chi connectivity index (χ0n) is 17.4. The first-order valence-electron chi connectivity index (χ1n) is 10.5. The molecule has 1 fully saturated rings. The van der Waals surface area contributed by atoms with Crippen LogP contribution in [0.2, 0.25) is 0 Å². The Morgan fingerprint density at radius 1 is 1.25 bits per heavy atom. The van der Waals surface area contributed by atoms with Crippen LogP contribution in [0.1, 0.15) is 25.7 Å². The number of nitrogens with one attached hydrogen (secondary N) is 2. The van der Waals surface area contributed by atoms with E-state index in [0.29, 0.717) is 22.9 Å². The summed E-state index contributed by atoms with van der Waals surface area (Å²) in [7, 11) is 1.32. The van der Waals surface area contributed by atoms with Gasteiger partial charge in [0.05, 0.1) is 18.4 Å². The lowest BCUT2D eigenvalue weighted by Crippen LogP contribution is -2.48. The van der Waals surface area contributed by atoms with Crippen molar-refractivity contribution in [2.45, 2.75) is 37.6 Å². The molecule has 0 saturated heterocycles. The number of hydrogen-bond acceptors (Lipinski definition) is 7. The van der Waals surface area contributed by atoms with Gasteiger partial charge in [0.2, 0.25) is 5.95 Å². The SMILES string of the molecule is CN1C(=O)C(F)(F)CN(C2CCCC2)c2nc(Nc3ccc4c(c3)NC(=O)CO4)ncc21. The number of amides is 2. The Morgan fingerprint density at radius 2 is 2.03 bits per heavy atom. The standard InChI is InChI=1S/C21H22F2N6O3/c1-28-15-9-24-20(25-12-6-7-16-14(8-12)26-17(30)10-32-16)27-18(15)29(13-4-2-3-5-13)11-21(22,23)19(28)31/h6-9,13H,2-5,10-11H2,1H3,(H,26,30)(H,24,25,27). The average Bonchev–Trinajstić information content (AvgIpc) is 3.29. The van der Waals surface area contributed by atoms with Crippen LogP contribution in [0.25, 0.3) is 0 Å². The second kappa shape index (κ2) is 7.57. The molecule has 3 aliphatic rings. The molecule has 168 valence electrons. The Hall–Kier alpha value is -3.50. The molecular weight excluding hydrogens is 422 g/mol. The Labute approximate surface area is 182 Å². The molecule has 2 aromatic rings. The van der Waals surface area contributed by atoms with Gasteiger partial charge >= 0.3 is 5.92 Å². The maximum Gasteiger partial charge on any atom is 0.342 e. The monoisotopic (exact) mass is 444 g/mol. The molecule has 1 saturated carbocycles. The zero-order chi connectivity index (χ0) is 22.5. The summed E-state index contributed by atoms with van der Waals surface area (Å²) in [6.45, 7) is -0.756. The first-order valence-corrected chi connectivity index (χ1v) is 10.5. The molecule has 32 heavy (non-hydrogen) atoms. The summed E-state index contributed by atoms with van der Waals surface area (Å²) in [4.78, 5) is 35.2. The van der Waals surface area contributed by atoms with Crippen LogP contribution < -0.4 is 25.2 Å². The van der Waals surface area contributed by atoms with Crippen molar-refractivity contribution in [3.05, 3.63) is 24.4 Å². The number of hydrogen-bond donors (Lipinski definition) is 2. The van der Waals surface area contributed by atoms with E-state index in [0.717, 1.165) is 30.6 Å². The third kappa shape index (κ3) is 3.57. The third-order valence-electron chi connectivity index (χ3n) is 6.00. The first-order chi connectivity index (χ1) is 15.3. The van der Waals surface area contributed by atoms with Crippen molar-refractivity contribution in [1.29, 1.82) is 0 Å². The number of carbonyl (C=O) groups excluding carboxylic acids is 2. The van der Waals surface area contributed by atoms with Gasteiger partial charge in [-0.15, -0.1) is 0 Å². The zero-order valence-corrected chi connectivity index (χ0v) is 17.4. The molecule has 0 bridgehead atoms. The molecule has 2 aliphatic heterocycles. The lowest BCUT2D eigenvalue weighted by molar-refractivity contribution is -0.140. The number of anilines is 5. The van der Waals surface area contributed by atoms with Gasteiger partial charge in [0.25, 0.3) is 11.8 Å². The summed E-state index contributed by atoms with van der Waals surface area (Å²) in [5.41, 5.74) is 1.35. The van der Waals surface area contributed by atoms with Gasteiger partial charge in [-0.1, -0.05) is 12.8 Å². The predicted molar refractivity (Wildman–Crippen MR) is 114 cm³/mol. The largest absolute Gasteiger partial charge is 0.482 e. The quantitative estimate of drug-likeness (QED) is 0.751. The molecular formula is C21H22F2N6O3. The van der Waals surface area contributed by atoms with Crippen LogP contribution >= 0.6 is 0 Å². The molecule has 0 atom stereocenters. The summed E-state index contributed by atoms with van der Waals surface area (Å²) in [5, 5.41) is 5.78. The van der Waals surface area contributed by atoms with E-state index in [9.17, 15) is 18.4 Å². The van der Waals surface area contributed by atoms with Crippen LogP contribution in [0.4, 0.5) is 37.6 Å². The maximum atomic E-state index is 14.7. The van der Waals surface area contributed by atoms with Gasteiger partial charge < -0.3 is 25.2 Å². The first kappa shape index (κ1) is 20.4. The number of halogens is 2. The van der Waals surface area contributed by atoms with E-state index in [4.69, 9.17) is 4.74 Å². The highest BCUT2D eigenvalue weighted by Crippen LogP contribution is 2.40. The molecule has 5 rings (SSSR count). The Kier molecular flexibility index (Phi) is 4.83. The molecule has 2 amide bonds. The van der Waals surface area contributed by atoms with Crippen LogP contribution in [-0.2, 0) is 9.59 Å². The van der Waals surface area contributed by atoms with Crippen LogP contribution in [0.15, 0.2) is 24.4 Å². The molecule has 0 radical (unpaired) electrons. The summed E-state index contributed by atoms with van der Waals surface area (Å²) in [5.74, 6) is -4.00. The Bertz CT molecular complexity index is 1090.